The molecule has 0 aliphatic carbocycles. The van der Waals surface area contributed by atoms with Crippen LogP contribution in [0.5, 0.6) is 0 Å². The Bertz CT molecular complexity index is 75.4. The summed E-state index contributed by atoms with van der Waals surface area (Å²) in [5, 5.41) is -0.859. The highest BCUT2D eigenvalue weighted by Gasteiger charge is 2.23. The van der Waals surface area contributed by atoms with E-state index in [4.69, 9.17) is 21.1 Å². The van der Waals surface area contributed by atoms with Gasteiger partial charge in [-0.3, -0.25) is 0 Å². The Morgan fingerprint density at radius 2 is 1.89 bits per heavy atom. The van der Waals surface area contributed by atoms with Crippen molar-refractivity contribution in [2.45, 2.75) is 17.7 Å². The van der Waals surface area contributed by atoms with Crippen LogP contribution in [-0.2, 0) is 9.47 Å². The lowest BCUT2D eigenvalue weighted by Gasteiger charge is -2.22. The van der Waals surface area contributed by atoms with Gasteiger partial charge in [0.15, 0.2) is 0 Å². The zero-order valence-electron chi connectivity index (χ0n) is 6.11. The molecule has 0 atom stereocenters. The SMILES string of the molecule is COC(Cl)(CC[SiH3])OC. The topological polar surface area (TPSA) is 18.5 Å². The summed E-state index contributed by atoms with van der Waals surface area (Å²) in [7, 11) is 4.23. The van der Waals surface area contributed by atoms with Crippen molar-refractivity contribution in [2.24, 2.45) is 0 Å². The van der Waals surface area contributed by atoms with Crippen LogP contribution in [0.4, 0.5) is 0 Å². The van der Waals surface area contributed by atoms with Crippen molar-refractivity contribution in [3.63, 3.8) is 0 Å². The average Bonchev–Trinajstić information content (AvgIpc) is 1.89. The van der Waals surface area contributed by atoms with Gasteiger partial charge in [0.05, 0.1) is 0 Å². The Morgan fingerprint density at radius 3 is 2.00 bits per heavy atom. The Morgan fingerprint density at radius 1 is 1.44 bits per heavy atom. The zero-order valence-corrected chi connectivity index (χ0v) is 8.86. The summed E-state index contributed by atoms with van der Waals surface area (Å²) in [6.07, 6.45) is 0.772. The maximum atomic E-state index is 5.79. The summed E-state index contributed by atoms with van der Waals surface area (Å²) in [6, 6.07) is 1.09. The molecule has 2 nitrogen and oxygen atoms in total. The van der Waals surface area contributed by atoms with Crippen LogP contribution in [0.3, 0.4) is 0 Å². The first-order chi connectivity index (χ1) is 4.18. The highest BCUT2D eigenvalue weighted by Crippen LogP contribution is 2.22. The van der Waals surface area contributed by atoms with E-state index in [1.807, 2.05) is 0 Å². The molecule has 0 radical (unpaired) electrons. The van der Waals surface area contributed by atoms with E-state index in [1.165, 1.54) is 0 Å². The second kappa shape index (κ2) is 4.28. The van der Waals surface area contributed by atoms with Crippen LogP contribution in [0.25, 0.3) is 0 Å². The van der Waals surface area contributed by atoms with Crippen LogP contribution >= 0.6 is 11.6 Å². The number of hydrogen-bond donors (Lipinski definition) is 0. The van der Waals surface area contributed by atoms with E-state index in [-0.39, 0.29) is 0 Å². The van der Waals surface area contributed by atoms with Crippen LogP contribution in [0.2, 0.25) is 6.04 Å². The molecular formula is C5H13ClO2Si. The minimum atomic E-state index is -0.859. The van der Waals surface area contributed by atoms with Gasteiger partial charge in [-0.15, -0.1) is 0 Å². The smallest absolute Gasteiger partial charge is 0.247 e. The zero-order chi connectivity index (χ0) is 7.33. The largest absolute Gasteiger partial charge is 0.341 e. The summed E-state index contributed by atoms with van der Waals surface area (Å²) in [5.41, 5.74) is 0. The molecule has 0 aromatic heterocycles. The van der Waals surface area contributed by atoms with Crippen LogP contribution in [0, 0.1) is 0 Å². The van der Waals surface area contributed by atoms with Gasteiger partial charge in [-0.2, -0.15) is 0 Å². The summed E-state index contributed by atoms with van der Waals surface area (Å²) >= 11 is 5.79. The van der Waals surface area contributed by atoms with E-state index in [0.29, 0.717) is 0 Å². The Balaban J connectivity index is 3.62. The number of ether oxygens (including phenoxy) is 2. The quantitative estimate of drug-likeness (QED) is 0.343. The minimum absolute atomic E-state index is 0.772. The van der Waals surface area contributed by atoms with Gasteiger partial charge in [0.2, 0.25) is 5.25 Å². The summed E-state index contributed by atoms with van der Waals surface area (Å²) in [4.78, 5) is 0. The van der Waals surface area contributed by atoms with Gasteiger partial charge in [-0.05, 0) is 0 Å². The van der Waals surface area contributed by atoms with Gasteiger partial charge in [-0.1, -0.05) is 17.6 Å². The standard InChI is InChI=1S/C5H13ClO2Si/c1-7-5(6,8-2)3-4-9/h3-4H2,1-2,9H3. The van der Waals surface area contributed by atoms with Crippen LogP contribution in [0.15, 0.2) is 0 Å². The average molecular weight is 169 g/mol. The molecule has 0 aromatic rings. The highest BCUT2D eigenvalue weighted by atomic mass is 35.5. The van der Waals surface area contributed by atoms with E-state index in [9.17, 15) is 0 Å². The molecule has 0 unspecified atom stereocenters. The fraction of sp³-hybridized carbons (Fsp3) is 1.00. The van der Waals surface area contributed by atoms with Gasteiger partial charge >= 0.3 is 0 Å². The summed E-state index contributed by atoms with van der Waals surface area (Å²) in [6.45, 7) is 0. The maximum Gasteiger partial charge on any atom is 0.247 e. The summed E-state index contributed by atoms with van der Waals surface area (Å²) < 4.78 is 9.79. The van der Waals surface area contributed by atoms with Crippen molar-refractivity contribution in [3.8, 4) is 0 Å². The van der Waals surface area contributed by atoms with Crippen molar-refractivity contribution < 1.29 is 9.47 Å². The van der Waals surface area contributed by atoms with E-state index in [0.717, 1.165) is 22.7 Å². The number of hydrogen-bond acceptors (Lipinski definition) is 2. The van der Waals surface area contributed by atoms with Crippen molar-refractivity contribution in [1.82, 2.24) is 0 Å². The lowest BCUT2D eigenvalue weighted by atomic mass is 10.4. The lowest BCUT2D eigenvalue weighted by molar-refractivity contribution is -0.142. The summed E-state index contributed by atoms with van der Waals surface area (Å²) in [5.74, 6) is 0. The number of rotatable bonds is 4. The van der Waals surface area contributed by atoms with E-state index in [1.54, 1.807) is 14.2 Å². The molecule has 0 fully saturated rings. The van der Waals surface area contributed by atoms with Crippen LogP contribution in [-0.4, -0.2) is 29.7 Å². The monoisotopic (exact) mass is 168 g/mol. The van der Waals surface area contributed by atoms with Crippen molar-refractivity contribution in [3.05, 3.63) is 0 Å². The first kappa shape index (κ1) is 9.43. The first-order valence-electron chi connectivity index (χ1n) is 2.97. The molecule has 0 N–H and O–H groups in total. The maximum absolute atomic E-state index is 5.79. The molecule has 4 heteroatoms. The number of halogens is 1. The third kappa shape index (κ3) is 3.20. The Labute approximate surface area is 63.9 Å². The molecular weight excluding hydrogens is 156 g/mol. The Kier molecular flexibility index (Phi) is 4.48. The molecule has 0 amide bonds. The van der Waals surface area contributed by atoms with Crippen molar-refractivity contribution in [1.29, 1.82) is 0 Å². The van der Waals surface area contributed by atoms with E-state index < -0.39 is 5.25 Å². The van der Waals surface area contributed by atoms with Gasteiger partial charge in [0.1, 0.15) is 0 Å². The molecule has 0 bridgehead atoms. The lowest BCUT2D eigenvalue weighted by Crippen LogP contribution is -2.25. The molecule has 0 spiro atoms. The molecule has 0 heterocycles. The van der Waals surface area contributed by atoms with Gasteiger partial charge in [-0.25, -0.2) is 0 Å². The fourth-order valence-electron chi connectivity index (χ4n) is 0.586. The number of alkyl halides is 1. The second-order valence-corrected chi connectivity index (χ2v) is 3.39. The molecule has 0 rings (SSSR count). The molecule has 0 aliphatic rings. The highest BCUT2D eigenvalue weighted by molar-refractivity contribution is 6.22. The third-order valence-electron chi connectivity index (χ3n) is 1.16. The van der Waals surface area contributed by atoms with Crippen LogP contribution < -0.4 is 0 Å². The third-order valence-corrected chi connectivity index (χ3v) is 2.16. The molecule has 0 saturated carbocycles. The molecule has 0 aromatic carbocycles. The molecule has 9 heavy (non-hydrogen) atoms. The minimum Gasteiger partial charge on any atom is -0.341 e. The van der Waals surface area contributed by atoms with Gasteiger partial charge in [0.25, 0.3) is 0 Å². The predicted octanol–water partition coefficient (Wildman–Crippen LogP) is 0.346. The molecule has 0 aliphatic heterocycles. The number of methoxy groups -OCH3 is 2. The predicted molar refractivity (Wildman–Crippen MR) is 42.0 cm³/mol. The van der Waals surface area contributed by atoms with Gasteiger partial charge in [0, 0.05) is 30.9 Å². The fourth-order valence-corrected chi connectivity index (χ4v) is 1.75. The normalized spacial score (nSPS) is 12.3. The second-order valence-electron chi connectivity index (χ2n) is 1.82. The van der Waals surface area contributed by atoms with Gasteiger partial charge < -0.3 is 9.47 Å². The van der Waals surface area contributed by atoms with E-state index >= 15 is 0 Å². The van der Waals surface area contributed by atoms with Crippen molar-refractivity contribution in [2.75, 3.05) is 14.2 Å². The first-order valence-corrected chi connectivity index (χ1v) is 4.77. The van der Waals surface area contributed by atoms with E-state index in [2.05, 4.69) is 0 Å². The van der Waals surface area contributed by atoms with Crippen molar-refractivity contribution >= 4 is 21.8 Å². The molecule has 0 saturated heterocycles. The molecule has 56 valence electrons. The Hall–Kier alpha value is 0.427. The van der Waals surface area contributed by atoms with Crippen LogP contribution in [0.1, 0.15) is 6.42 Å².